The fourth-order valence-electron chi connectivity index (χ4n) is 4.29. The third-order valence-electron chi connectivity index (χ3n) is 5.70. The van der Waals surface area contributed by atoms with Gasteiger partial charge in [-0.25, -0.2) is 4.98 Å². The van der Waals surface area contributed by atoms with Crippen LogP contribution in [0.4, 0.5) is 5.69 Å². The van der Waals surface area contributed by atoms with Crippen molar-refractivity contribution in [3.8, 4) is 0 Å². The number of fused-ring (bicyclic) bond motifs is 3. The van der Waals surface area contributed by atoms with E-state index in [1.165, 1.54) is 11.8 Å². The third kappa shape index (κ3) is 4.54. The SMILES string of the molecule is Cc1cc(C)cc(NC(=O)CSc2nc3c(oc4ccccc43)c(=O)n2CC2CCCO2)c1. The van der Waals surface area contributed by atoms with Gasteiger partial charge in [-0.15, -0.1) is 0 Å². The number of benzene rings is 2. The Morgan fingerprint density at radius 3 is 2.76 bits per heavy atom. The molecule has 0 radical (unpaired) electrons. The summed E-state index contributed by atoms with van der Waals surface area (Å²) >= 11 is 1.25. The minimum Gasteiger partial charge on any atom is -0.448 e. The van der Waals surface area contributed by atoms with E-state index < -0.39 is 0 Å². The Labute approximate surface area is 195 Å². The fourth-order valence-corrected chi connectivity index (χ4v) is 5.09. The van der Waals surface area contributed by atoms with Crippen molar-refractivity contribution in [1.82, 2.24) is 9.55 Å². The average Bonchev–Trinajstić information content (AvgIpc) is 3.42. The van der Waals surface area contributed by atoms with Crippen molar-refractivity contribution in [2.75, 3.05) is 17.7 Å². The van der Waals surface area contributed by atoms with Crippen LogP contribution >= 0.6 is 11.8 Å². The number of furan rings is 1. The van der Waals surface area contributed by atoms with E-state index in [1.807, 2.05) is 50.2 Å². The first kappa shape index (κ1) is 21.7. The van der Waals surface area contributed by atoms with Gasteiger partial charge >= 0.3 is 0 Å². The number of nitrogens with one attached hydrogen (secondary N) is 1. The molecular formula is C25H25N3O4S. The topological polar surface area (TPSA) is 86.4 Å². The number of aromatic nitrogens is 2. The van der Waals surface area contributed by atoms with Crippen LogP contribution in [0.5, 0.6) is 0 Å². The number of ether oxygens (including phenoxy) is 1. The number of hydrogen-bond acceptors (Lipinski definition) is 6. The molecule has 5 rings (SSSR count). The second kappa shape index (κ2) is 9.03. The Kier molecular flexibility index (Phi) is 5.95. The van der Waals surface area contributed by atoms with Crippen molar-refractivity contribution in [3.05, 3.63) is 63.9 Å². The molecule has 4 aromatic rings. The second-order valence-corrected chi connectivity index (χ2v) is 9.38. The second-order valence-electron chi connectivity index (χ2n) is 8.43. The molecule has 33 heavy (non-hydrogen) atoms. The van der Waals surface area contributed by atoms with Crippen LogP contribution in [-0.2, 0) is 16.1 Å². The van der Waals surface area contributed by atoms with E-state index in [0.717, 1.165) is 35.0 Å². The van der Waals surface area contributed by atoms with Crippen molar-refractivity contribution in [2.24, 2.45) is 0 Å². The standard InChI is InChI=1S/C25H25N3O4S/c1-15-10-16(2)12-17(11-15)26-21(29)14-33-25-27-22-19-7-3-4-8-20(19)32-23(22)24(30)28(25)13-18-6-5-9-31-18/h3-4,7-8,10-12,18H,5-6,9,13-14H2,1-2H3,(H,26,29). The highest BCUT2D eigenvalue weighted by molar-refractivity contribution is 7.99. The van der Waals surface area contributed by atoms with Gasteiger partial charge in [-0.1, -0.05) is 30.0 Å². The lowest BCUT2D eigenvalue weighted by atomic mass is 10.1. The Hall–Kier alpha value is -3.10. The molecule has 1 aliphatic heterocycles. The summed E-state index contributed by atoms with van der Waals surface area (Å²) in [7, 11) is 0. The molecule has 0 saturated carbocycles. The van der Waals surface area contributed by atoms with Crippen molar-refractivity contribution in [1.29, 1.82) is 0 Å². The number of hydrogen-bond donors (Lipinski definition) is 1. The Balaban J connectivity index is 1.46. The summed E-state index contributed by atoms with van der Waals surface area (Å²) in [5, 5.41) is 4.22. The quantitative estimate of drug-likeness (QED) is 0.330. The molecule has 170 valence electrons. The maximum absolute atomic E-state index is 13.4. The zero-order valence-electron chi connectivity index (χ0n) is 18.6. The van der Waals surface area contributed by atoms with Crippen LogP contribution < -0.4 is 10.9 Å². The summed E-state index contributed by atoms with van der Waals surface area (Å²) in [5.74, 6) is -0.0215. The Bertz CT molecular complexity index is 1380. The van der Waals surface area contributed by atoms with Crippen molar-refractivity contribution >= 4 is 45.4 Å². The van der Waals surface area contributed by atoms with Crippen LogP contribution in [0.1, 0.15) is 24.0 Å². The van der Waals surface area contributed by atoms with E-state index in [2.05, 4.69) is 11.4 Å². The van der Waals surface area contributed by atoms with Crippen LogP contribution in [0.15, 0.2) is 56.8 Å². The number of carbonyl (C=O) groups is 1. The summed E-state index contributed by atoms with van der Waals surface area (Å²) in [6.45, 7) is 5.07. The predicted molar refractivity (Wildman–Crippen MR) is 130 cm³/mol. The smallest absolute Gasteiger partial charge is 0.297 e. The van der Waals surface area contributed by atoms with Gasteiger partial charge in [-0.05, 0) is 62.1 Å². The van der Waals surface area contributed by atoms with Gasteiger partial charge in [-0.2, -0.15) is 0 Å². The lowest BCUT2D eigenvalue weighted by Crippen LogP contribution is -2.29. The van der Waals surface area contributed by atoms with Gasteiger partial charge in [0.2, 0.25) is 11.5 Å². The first-order chi connectivity index (χ1) is 16.0. The fraction of sp³-hybridized carbons (Fsp3) is 0.320. The van der Waals surface area contributed by atoms with Gasteiger partial charge in [-0.3, -0.25) is 14.2 Å². The molecule has 2 aromatic carbocycles. The van der Waals surface area contributed by atoms with Gasteiger partial charge < -0.3 is 14.5 Å². The molecule has 8 heteroatoms. The summed E-state index contributed by atoms with van der Waals surface area (Å²) in [6.07, 6.45) is 1.82. The molecule has 7 nitrogen and oxygen atoms in total. The number of thioether (sulfide) groups is 1. The van der Waals surface area contributed by atoms with E-state index in [1.54, 1.807) is 4.57 Å². The number of aryl methyl sites for hydroxylation is 2. The third-order valence-corrected chi connectivity index (χ3v) is 6.67. The minimum atomic E-state index is -0.246. The normalized spacial score (nSPS) is 16.0. The number of anilines is 1. The highest BCUT2D eigenvalue weighted by Crippen LogP contribution is 2.28. The van der Waals surface area contributed by atoms with Crippen LogP contribution in [0, 0.1) is 13.8 Å². The molecule has 1 amide bonds. The predicted octanol–water partition coefficient (Wildman–Crippen LogP) is 4.67. The summed E-state index contributed by atoms with van der Waals surface area (Å²) in [5.41, 5.74) is 4.07. The van der Waals surface area contributed by atoms with Crippen LogP contribution in [-0.4, -0.2) is 33.9 Å². The first-order valence-electron chi connectivity index (χ1n) is 11.0. The van der Waals surface area contributed by atoms with E-state index in [-0.39, 0.29) is 28.9 Å². The first-order valence-corrected chi connectivity index (χ1v) is 12.0. The molecule has 1 N–H and O–H groups in total. The molecule has 1 atom stereocenters. The molecule has 0 aliphatic carbocycles. The summed E-state index contributed by atoms with van der Waals surface area (Å²) in [6, 6.07) is 13.4. The lowest BCUT2D eigenvalue weighted by Gasteiger charge is -2.15. The average molecular weight is 464 g/mol. The van der Waals surface area contributed by atoms with E-state index in [4.69, 9.17) is 14.1 Å². The zero-order chi connectivity index (χ0) is 22.9. The molecule has 0 bridgehead atoms. The van der Waals surface area contributed by atoms with Crippen LogP contribution in [0.3, 0.4) is 0 Å². The monoisotopic (exact) mass is 463 g/mol. The molecule has 1 aliphatic rings. The van der Waals surface area contributed by atoms with Gasteiger partial charge in [0.1, 0.15) is 11.1 Å². The maximum atomic E-state index is 13.4. The summed E-state index contributed by atoms with van der Waals surface area (Å²) < 4.78 is 13.2. The number of rotatable bonds is 6. The van der Waals surface area contributed by atoms with Gasteiger partial charge in [0.15, 0.2) is 5.16 Å². The molecule has 0 spiro atoms. The van der Waals surface area contributed by atoms with Crippen LogP contribution in [0.2, 0.25) is 0 Å². The zero-order valence-corrected chi connectivity index (χ0v) is 19.4. The lowest BCUT2D eigenvalue weighted by molar-refractivity contribution is -0.113. The highest BCUT2D eigenvalue weighted by atomic mass is 32.2. The Morgan fingerprint density at radius 1 is 1.21 bits per heavy atom. The molecule has 1 saturated heterocycles. The van der Waals surface area contributed by atoms with Gasteiger partial charge in [0, 0.05) is 17.7 Å². The number of carbonyl (C=O) groups excluding carboxylic acids is 1. The number of para-hydroxylation sites is 1. The number of nitrogens with zero attached hydrogens (tertiary/aromatic N) is 2. The van der Waals surface area contributed by atoms with Crippen molar-refractivity contribution in [3.63, 3.8) is 0 Å². The molecule has 2 aromatic heterocycles. The molecule has 1 unspecified atom stereocenters. The van der Waals surface area contributed by atoms with Crippen molar-refractivity contribution in [2.45, 2.75) is 44.5 Å². The van der Waals surface area contributed by atoms with E-state index in [9.17, 15) is 9.59 Å². The minimum absolute atomic E-state index is 0.0465. The molecule has 1 fully saturated rings. The largest absolute Gasteiger partial charge is 0.448 e. The van der Waals surface area contributed by atoms with Crippen LogP contribution in [0.25, 0.3) is 22.1 Å². The highest BCUT2D eigenvalue weighted by Gasteiger charge is 2.23. The van der Waals surface area contributed by atoms with Crippen molar-refractivity contribution < 1.29 is 13.9 Å². The van der Waals surface area contributed by atoms with E-state index >= 15 is 0 Å². The molecular weight excluding hydrogens is 438 g/mol. The van der Waals surface area contributed by atoms with Gasteiger partial charge in [0.05, 0.1) is 18.4 Å². The summed E-state index contributed by atoms with van der Waals surface area (Å²) in [4.78, 5) is 30.8. The van der Waals surface area contributed by atoms with E-state index in [0.29, 0.717) is 29.4 Å². The van der Waals surface area contributed by atoms with Gasteiger partial charge in [0.25, 0.3) is 5.56 Å². The number of amides is 1. The Morgan fingerprint density at radius 2 is 2.00 bits per heavy atom. The molecule has 3 heterocycles. The maximum Gasteiger partial charge on any atom is 0.297 e.